The molecule has 3 aromatic heterocycles. The van der Waals surface area contributed by atoms with Crippen molar-refractivity contribution >= 4 is 28.9 Å². The summed E-state index contributed by atoms with van der Waals surface area (Å²) < 4.78 is 30.4. The molecule has 3 heterocycles. The second kappa shape index (κ2) is 9.22. The van der Waals surface area contributed by atoms with Crippen LogP contribution < -0.4 is 21.5 Å². The third-order valence-corrected chi connectivity index (χ3v) is 7.01. The largest absolute Gasteiger partial charge is 0.373 e. The summed E-state index contributed by atoms with van der Waals surface area (Å²) in [6, 6.07) is 6.06. The molecular formula is C24H26F2N8O2. The number of halogens is 2. The standard InChI is InChI=1S/C24H26F2N8O2/c1-28-20-11-19(30-17-6-3-9-33(23(17)36)15-5-2-4-14(10-15)12-27)32-21-16(13-29-34(20)21)22(35)31-18-7-8-24(18,25)26/h3,6,9,11,13-15,18,28H,2,4-5,7-8,10H2,1H3,(H,30,32)(H,31,35)/t14-,15?,18-/m0/s1. The molecule has 2 fully saturated rings. The second-order valence-corrected chi connectivity index (χ2v) is 9.30. The van der Waals surface area contributed by atoms with Crippen LogP contribution in [0, 0.1) is 17.2 Å². The van der Waals surface area contributed by atoms with Crippen molar-refractivity contribution < 1.29 is 13.6 Å². The van der Waals surface area contributed by atoms with Crippen LogP contribution in [0.3, 0.4) is 0 Å². The minimum atomic E-state index is -2.92. The minimum Gasteiger partial charge on any atom is -0.373 e. The Morgan fingerprint density at radius 3 is 2.83 bits per heavy atom. The number of nitrogens with zero attached hydrogens (tertiary/aromatic N) is 5. The number of hydrogen-bond acceptors (Lipinski definition) is 7. The van der Waals surface area contributed by atoms with Gasteiger partial charge in [-0.25, -0.2) is 13.8 Å². The fraction of sp³-hybridized carbons (Fsp3) is 0.458. The van der Waals surface area contributed by atoms with Crippen LogP contribution in [0.1, 0.15) is 54.9 Å². The minimum absolute atomic E-state index is 0.0491. The maximum absolute atomic E-state index is 13.7. The molecule has 2 aliphatic carbocycles. The van der Waals surface area contributed by atoms with Crippen molar-refractivity contribution in [1.82, 2.24) is 24.5 Å². The van der Waals surface area contributed by atoms with Gasteiger partial charge in [0.2, 0.25) is 0 Å². The number of alkyl halides is 2. The Morgan fingerprint density at radius 1 is 1.31 bits per heavy atom. The van der Waals surface area contributed by atoms with E-state index in [1.54, 1.807) is 36.0 Å². The molecule has 1 unspecified atom stereocenters. The van der Waals surface area contributed by atoms with E-state index < -0.39 is 17.9 Å². The van der Waals surface area contributed by atoms with E-state index in [1.807, 2.05) is 0 Å². The Labute approximate surface area is 205 Å². The van der Waals surface area contributed by atoms with Crippen molar-refractivity contribution in [3.8, 4) is 6.07 Å². The summed E-state index contributed by atoms with van der Waals surface area (Å²) in [7, 11) is 1.67. The molecule has 0 saturated heterocycles. The number of carbonyl (C=O) groups excluding carboxylic acids is 1. The maximum Gasteiger partial charge on any atom is 0.274 e. The number of nitrogens with one attached hydrogen (secondary N) is 3. The van der Waals surface area contributed by atoms with Gasteiger partial charge in [0.1, 0.15) is 22.9 Å². The molecule has 36 heavy (non-hydrogen) atoms. The van der Waals surface area contributed by atoms with Gasteiger partial charge in [0.25, 0.3) is 17.4 Å². The van der Waals surface area contributed by atoms with Crippen LogP contribution >= 0.6 is 0 Å². The number of carbonyl (C=O) groups is 1. The molecule has 0 spiro atoms. The molecule has 3 atom stereocenters. The Morgan fingerprint density at radius 2 is 2.14 bits per heavy atom. The van der Waals surface area contributed by atoms with Crippen LogP contribution in [0.5, 0.6) is 0 Å². The van der Waals surface area contributed by atoms with Gasteiger partial charge in [-0.1, -0.05) is 6.42 Å². The van der Waals surface area contributed by atoms with Gasteiger partial charge in [0, 0.05) is 37.7 Å². The highest BCUT2D eigenvalue weighted by Gasteiger charge is 2.49. The fourth-order valence-corrected chi connectivity index (χ4v) is 4.85. The number of pyridine rings is 1. The van der Waals surface area contributed by atoms with Crippen LogP contribution in [0.25, 0.3) is 5.65 Å². The molecule has 0 radical (unpaired) electrons. The van der Waals surface area contributed by atoms with Gasteiger partial charge < -0.3 is 20.5 Å². The van der Waals surface area contributed by atoms with E-state index in [2.05, 4.69) is 32.1 Å². The molecule has 2 saturated carbocycles. The van der Waals surface area contributed by atoms with E-state index >= 15 is 0 Å². The summed E-state index contributed by atoms with van der Waals surface area (Å²) in [4.78, 5) is 30.5. The molecule has 0 aliphatic heterocycles. The van der Waals surface area contributed by atoms with Gasteiger partial charge in [-0.05, 0) is 37.8 Å². The lowest BCUT2D eigenvalue weighted by Crippen LogP contribution is -2.55. The lowest BCUT2D eigenvalue weighted by Gasteiger charge is -2.36. The first-order chi connectivity index (χ1) is 17.3. The number of fused-ring (bicyclic) bond motifs is 1. The summed E-state index contributed by atoms with van der Waals surface area (Å²) in [6.07, 6.45) is 6.14. The van der Waals surface area contributed by atoms with Crippen molar-refractivity contribution in [2.75, 3.05) is 17.7 Å². The zero-order chi connectivity index (χ0) is 25.4. The molecule has 3 aromatic rings. The lowest BCUT2D eigenvalue weighted by molar-refractivity contribution is -0.102. The average molecular weight is 497 g/mol. The highest BCUT2D eigenvalue weighted by Crippen LogP contribution is 2.37. The van der Waals surface area contributed by atoms with Crippen molar-refractivity contribution in [3.63, 3.8) is 0 Å². The number of rotatable bonds is 6. The van der Waals surface area contributed by atoms with E-state index in [0.29, 0.717) is 12.2 Å². The zero-order valence-corrected chi connectivity index (χ0v) is 19.7. The topological polar surface area (TPSA) is 129 Å². The van der Waals surface area contributed by atoms with Crippen LogP contribution in [-0.2, 0) is 0 Å². The quantitative estimate of drug-likeness (QED) is 0.477. The maximum atomic E-state index is 13.7. The zero-order valence-electron chi connectivity index (χ0n) is 19.7. The van der Waals surface area contributed by atoms with E-state index in [1.165, 1.54) is 10.7 Å². The molecule has 5 rings (SSSR count). The van der Waals surface area contributed by atoms with Gasteiger partial charge in [0.05, 0.1) is 18.3 Å². The normalized spacial score (nSPS) is 22.9. The van der Waals surface area contributed by atoms with Gasteiger partial charge in [0.15, 0.2) is 5.65 Å². The van der Waals surface area contributed by atoms with Crippen molar-refractivity contribution in [2.24, 2.45) is 5.92 Å². The predicted molar refractivity (Wildman–Crippen MR) is 129 cm³/mol. The number of hydrogen-bond donors (Lipinski definition) is 3. The Hall–Kier alpha value is -4.01. The summed E-state index contributed by atoms with van der Waals surface area (Å²) >= 11 is 0. The van der Waals surface area contributed by atoms with E-state index in [9.17, 15) is 23.6 Å². The summed E-state index contributed by atoms with van der Waals surface area (Å²) in [5, 5.41) is 21.9. The molecule has 2 aliphatic rings. The molecule has 188 valence electrons. The van der Waals surface area contributed by atoms with Crippen molar-refractivity contribution in [2.45, 2.75) is 56.5 Å². The van der Waals surface area contributed by atoms with Crippen LogP contribution in [0.4, 0.5) is 26.1 Å². The third-order valence-electron chi connectivity index (χ3n) is 7.01. The van der Waals surface area contributed by atoms with Gasteiger partial charge >= 0.3 is 0 Å². The average Bonchev–Trinajstić information content (AvgIpc) is 3.31. The van der Waals surface area contributed by atoms with Crippen LogP contribution in [-0.4, -0.2) is 44.1 Å². The summed E-state index contributed by atoms with van der Waals surface area (Å²) in [5.41, 5.74) is 0.250. The number of nitriles is 1. The summed E-state index contributed by atoms with van der Waals surface area (Å²) in [6.45, 7) is 0. The van der Waals surface area contributed by atoms with E-state index in [4.69, 9.17) is 0 Å². The third kappa shape index (κ3) is 4.25. The molecule has 0 bridgehead atoms. The smallest absolute Gasteiger partial charge is 0.274 e. The first kappa shape index (κ1) is 23.7. The van der Waals surface area contributed by atoms with Crippen molar-refractivity contribution in [1.29, 1.82) is 5.26 Å². The van der Waals surface area contributed by atoms with Gasteiger partial charge in [-0.2, -0.15) is 14.9 Å². The van der Waals surface area contributed by atoms with E-state index in [0.717, 1.165) is 19.3 Å². The number of amides is 1. The Kier molecular flexibility index (Phi) is 6.07. The first-order valence-electron chi connectivity index (χ1n) is 11.9. The fourth-order valence-electron chi connectivity index (χ4n) is 4.85. The summed E-state index contributed by atoms with van der Waals surface area (Å²) in [5.74, 6) is -2.92. The van der Waals surface area contributed by atoms with Crippen molar-refractivity contribution in [3.05, 3.63) is 46.5 Å². The molecule has 10 nitrogen and oxygen atoms in total. The highest BCUT2D eigenvalue weighted by atomic mass is 19.3. The predicted octanol–water partition coefficient (Wildman–Crippen LogP) is 3.46. The molecular weight excluding hydrogens is 470 g/mol. The Balaban J connectivity index is 1.45. The van der Waals surface area contributed by atoms with Gasteiger partial charge in [-0.3, -0.25) is 9.59 Å². The number of anilines is 3. The van der Waals surface area contributed by atoms with Gasteiger partial charge in [-0.15, -0.1) is 0 Å². The SMILES string of the molecule is CNc1cc(Nc2cccn(C3CCC[C@H](C#N)C3)c2=O)nc2c(C(=O)N[C@H]3CCC3(F)F)cnn12. The Bertz CT molecular complexity index is 1410. The number of aromatic nitrogens is 4. The second-order valence-electron chi connectivity index (χ2n) is 9.30. The molecule has 0 aromatic carbocycles. The first-order valence-corrected chi connectivity index (χ1v) is 11.9. The van der Waals surface area contributed by atoms with Crippen LogP contribution in [0.15, 0.2) is 35.4 Å². The van der Waals surface area contributed by atoms with E-state index in [-0.39, 0.29) is 53.1 Å². The van der Waals surface area contributed by atoms with Crippen LogP contribution in [0.2, 0.25) is 0 Å². The molecule has 1 amide bonds. The highest BCUT2D eigenvalue weighted by molar-refractivity contribution is 6.00. The molecule has 12 heteroatoms. The monoisotopic (exact) mass is 496 g/mol. The lowest BCUT2D eigenvalue weighted by atomic mass is 9.86. The molecule has 3 N–H and O–H groups in total.